The summed E-state index contributed by atoms with van der Waals surface area (Å²) in [4.78, 5) is 10.7. The van der Waals surface area contributed by atoms with Crippen molar-refractivity contribution < 1.29 is 13.2 Å². The van der Waals surface area contributed by atoms with E-state index in [2.05, 4.69) is 57.3 Å². The molecular formula is C19H32N2O3S. The number of primary amides is 1. The van der Waals surface area contributed by atoms with E-state index in [-0.39, 0.29) is 24.0 Å². The van der Waals surface area contributed by atoms with Gasteiger partial charge in [-0.3, -0.25) is 4.79 Å². The third-order valence-electron chi connectivity index (χ3n) is 4.58. The van der Waals surface area contributed by atoms with Gasteiger partial charge in [-0.1, -0.05) is 52.0 Å². The summed E-state index contributed by atoms with van der Waals surface area (Å²) in [6, 6.07) is 8.66. The van der Waals surface area contributed by atoms with Crippen molar-refractivity contribution in [3.05, 3.63) is 35.4 Å². The fourth-order valence-corrected chi connectivity index (χ4v) is 3.88. The van der Waals surface area contributed by atoms with Crippen LogP contribution in [0.4, 0.5) is 0 Å². The molecule has 1 aromatic carbocycles. The van der Waals surface area contributed by atoms with Gasteiger partial charge in [0.2, 0.25) is 5.91 Å². The largest absolute Gasteiger partial charge is 0.370 e. The number of carbonyl (C=O) groups excluding carboxylic acids is 1. The van der Waals surface area contributed by atoms with Gasteiger partial charge in [-0.05, 0) is 29.4 Å². The molecule has 1 rings (SSSR count). The summed E-state index contributed by atoms with van der Waals surface area (Å²) < 4.78 is 23.9. The Morgan fingerprint density at radius 1 is 1.08 bits per heavy atom. The SMILES string of the molecule is CC[C@@H](C)c1ccc([C@@H](NCCS(=O)(=O)CCC(N)=O)C(C)C)cc1. The first-order valence-corrected chi connectivity index (χ1v) is 10.8. The molecule has 0 aliphatic carbocycles. The maximum Gasteiger partial charge on any atom is 0.218 e. The Kier molecular flexibility index (Phi) is 8.59. The van der Waals surface area contributed by atoms with Gasteiger partial charge in [0, 0.05) is 19.0 Å². The van der Waals surface area contributed by atoms with Gasteiger partial charge in [-0.25, -0.2) is 8.42 Å². The summed E-state index contributed by atoms with van der Waals surface area (Å²) in [5, 5.41) is 3.35. The standard InChI is InChI=1S/C19H32N2O3S/c1-5-15(4)16-6-8-17(9-7-16)19(14(2)3)21-11-13-25(23,24)12-10-18(20)22/h6-9,14-15,19,21H,5,10-13H2,1-4H3,(H2,20,22)/t15-,19+/m1/s1. The molecule has 5 nitrogen and oxygen atoms in total. The summed E-state index contributed by atoms with van der Waals surface area (Å²) >= 11 is 0. The van der Waals surface area contributed by atoms with Gasteiger partial charge in [0.15, 0.2) is 9.84 Å². The number of hydrogen-bond acceptors (Lipinski definition) is 4. The highest BCUT2D eigenvalue weighted by atomic mass is 32.2. The fourth-order valence-electron chi connectivity index (χ4n) is 2.73. The predicted octanol–water partition coefficient (Wildman–Crippen LogP) is 2.78. The number of nitrogens with one attached hydrogen (secondary N) is 1. The first-order valence-electron chi connectivity index (χ1n) is 8.98. The number of benzene rings is 1. The van der Waals surface area contributed by atoms with Crippen molar-refractivity contribution in [2.24, 2.45) is 11.7 Å². The molecule has 0 heterocycles. The van der Waals surface area contributed by atoms with Crippen molar-refractivity contribution in [2.45, 2.75) is 52.5 Å². The van der Waals surface area contributed by atoms with Crippen molar-refractivity contribution in [1.29, 1.82) is 0 Å². The van der Waals surface area contributed by atoms with E-state index in [1.54, 1.807) is 0 Å². The number of carbonyl (C=O) groups is 1. The van der Waals surface area contributed by atoms with Gasteiger partial charge < -0.3 is 11.1 Å². The van der Waals surface area contributed by atoms with Crippen LogP contribution in [-0.4, -0.2) is 32.4 Å². The minimum atomic E-state index is -3.26. The Morgan fingerprint density at radius 2 is 1.64 bits per heavy atom. The second-order valence-corrected chi connectivity index (χ2v) is 9.32. The summed E-state index contributed by atoms with van der Waals surface area (Å²) in [7, 11) is -3.26. The molecule has 1 aromatic rings. The van der Waals surface area contributed by atoms with Gasteiger partial charge >= 0.3 is 0 Å². The lowest BCUT2D eigenvalue weighted by Crippen LogP contribution is -2.31. The number of hydrogen-bond donors (Lipinski definition) is 2. The van der Waals surface area contributed by atoms with Crippen LogP contribution in [0.2, 0.25) is 0 Å². The van der Waals surface area contributed by atoms with E-state index in [4.69, 9.17) is 5.73 Å². The monoisotopic (exact) mass is 368 g/mol. The molecule has 3 N–H and O–H groups in total. The summed E-state index contributed by atoms with van der Waals surface area (Å²) in [5.41, 5.74) is 7.50. The lowest BCUT2D eigenvalue weighted by atomic mass is 9.92. The fraction of sp³-hybridized carbons (Fsp3) is 0.632. The van der Waals surface area contributed by atoms with E-state index in [9.17, 15) is 13.2 Å². The lowest BCUT2D eigenvalue weighted by molar-refractivity contribution is -0.117. The van der Waals surface area contributed by atoms with E-state index >= 15 is 0 Å². The van der Waals surface area contributed by atoms with E-state index < -0.39 is 15.7 Å². The Labute approximate surface area is 152 Å². The van der Waals surface area contributed by atoms with Crippen LogP contribution < -0.4 is 11.1 Å². The van der Waals surface area contributed by atoms with E-state index in [0.29, 0.717) is 18.4 Å². The quantitative estimate of drug-likeness (QED) is 0.628. The maximum atomic E-state index is 11.9. The Morgan fingerprint density at radius 3 is 2.12 bits per heavy atom. The van der Waals surface area contributed by atoms with Gasteiger partial charge in [0.25, 0.3) is 0 Å². The minimum Gasteiger partial charge on any atom is -0.370 e. The normalized spacial score (nSPS) is 14.4. The minimum absolute atomic E-state index is 0.00839. The molecule has 0 aromatic heterocycles. The van der Waals surface area contributed by atoms with Crippen molar-refractivity contribution in [3.63, 3.8) is 0 Å². The summed E-state index contributed by atoms with van der Waals surface area (Å²) in [6.45, 7) is 8.97. The highest BCUT2D eigenvalue weighted by molar-refractivity contribution is 7.91. The topological polar surface area (TPSA) is 89.3 Å². The lowest BCUT2D eigenvalue weighted by Gasteiger charge is -2.23. The average molecular weight is 369 g/mol. The number of rotatable bonds is 11. The third-order valence-corrected chi connectivity index (χ3v) is 6.23. The second-order valence-electron chi connectivity index (χ2n) is 7.02. The third kappa shape index (κ3) is 7.57. The summed E-state index contributed by atoms with van der Waals surface area (Å²) in [6.07, 6.45) is 0.987. The van der Waals surface area contributed by atoms with Gasteiger partial charge in [0.05, 0.1) is 11.5 Å². The maximum absolute atomic E-state index is 11.9. The van der Waals surface area contributed by atoms with E-state index in [1.165, 1.54) is 5.56 Å². The number of amides is 1. The van der Waals surface area contributed by atoms with Crippen LogP contribution in [0.15, 0.2) is 24.3 Å². The molecule has 6 heteroatoms. The number of sulfone groups is 1. The van der Waals surface area contributed by atoms with Crippen molar-refractivity contribution in [3.8, 4) is 0 Å². The highest BCUT2D eigenvalue weighted by Crippen LogP contribution is 2.25. The molecule has 0 aliphatic rings. The van der Waals surface area contributed by atoms with Crippen molar-refractivity contribution in [1.82, 2.24) is 5.32 Å². The van der Waals surface area contributed by atoms with Crippen molar-refractivity contribution in [2.75, 3.05) is 18.1 Å². The molecule has 0 fully saturated rings. The van der Waals surface area contributed by atoms with Crippen LogP contribution in [0.25, 0.3) is 0 Å². The van der Waals surface area contributed by atoms with E-state index in [1.807, 2.05) is 0 Å². The van der Waals surface area contributed by atoms with E-state index in [0.717, 1.165) is 12.0 Å². The zero-order chi connectivity index (χ0) is 19.0. The van der Waals surface area contributed by atoms with Gasteiger partial charge in [-0.15, -0.1) is 0 Å². The smallest absolute Gasteiger partial charge is 0.218 e. The zero-order valence-electron chi connectivity index (χ0n) is 15.8. The molecule has 0 radical (unpaired) electrons. The van der Waals surface area contributed by atoms with Crippen LogP contribution in [-0.2, 0) is 14.6 Å². The van der Waals surface area contributed by atoms with Crippen LogP contribution in [0.3, 0.4) is 0 Å². The molecule has 1 amide bonds. The molecule has 2 atom stereocenters. The Bertz CT molecular complexity index is 639. The van der Waals surface area contributed by atoms with Crippen LogP contribution >= 0.6 is 0 Å². The molecule has 142 valence electrons. The van der Waals surface area contributed by atoms with Gasteiger partial charge in [-0.2, -0.15) is 0 Å². The highest BCUT2D eigenvalue weighted by Gasteiger charge is 2.18. The van der Waals surface area contributed by atoms with Crippen molar-refractivity contribution >= 4 is 15.7 Å². The average Bonchev–Trinajstić information content (AvgIpc) is 2.56. The molecule has 0 aliphatic heterocycles. The van der Waals surface area contributed by atoms with Gasteiger partial charge in [0.1, 0.15) is 0 Å². The first-order chi connectivity index (χ1) is 11.7. The van der Waals surface area contributed by atoms with Crippen LogP contribution in [0, 0.1) is 5.92 Å². The number of nitrogens with two attached hydrogens (primary N) is 1. The molecule has 0 saturated carbocycles. The van der Waals surface area contributed by atoms with Crippen LogP contribution in [0.5, 0.6) is 0 Å². The van der Waals surface area contributed by atoms with Crippen LogP contribution in [0.1, 0.15) is 63.6 Å². The molecule has 0 spiro atoms. The first kappa shape index (κ1) is 21.6. The Balaban J connectivity index is 2.67. The zero-order valence-corrected chi connectivity index (χ0v) is 16.6. The second kappa shape index (κ2) is 9.92. The molecular weight excluding hydrogens is 336 g/mol. The molecule has 0 saturated heterocycles. The molecule has 0 bridgehead atoms. The molecule has 0 unspecified atom stereocenters. The molecule has 25 heavy (non-hydrogen) atoms. The summed E-state index contributed by atoms with van der Waals surface area (Å²) in [5.74, 6) is 0.115. The predicted molar refractivity (Wildman–Crippen MR) is 103 cm³/mol. The Hall–Kier alpha value is -1.40.